The standard InChI is InChI=1S/C116H132N4O6/c1-5-9-13-17-21-25-29-33-37-41-49-81-57-67-87(68-58-81)123-99-77-93-103-95(115(121)119-97-75-65-85-53-45-47-55-91(85)111(97)117-113(93)119)80-102(126-90-73-63-84(64-74-90)52-44-40-36-32-28-24-20-16-12-8-4)108-106-100(124-88-69-59-82(60-70-88)50-42-38-34-30-26-22-18-14-10-6-2)78-94-104-96(116(122)120-98-76-66-86-54-46-48-56-92(86)112(98)118-114(94)120)79-101(107(110(104)106)105(99)109(103)108)125-89-71-61-83(62-72-89)51-43-39-35-31-27-23-19-15-11-7-3/h45-48,53-80H,5-44,49-52H2,1-4H3. The fourth-order valence-electron chi connectivity index (χ4n) is 20.5. The van der Waals surface area contributed by atoms with Crippen LogP contribution in [-0.4, -0.2) is 18.8 Å². The minimum absolute atomic E-state index is 0.229. The van der Waals surface area contributed by atoms with Gasteiger partial charge in [-0.05, 0) is 169 Å². The molecule has 652 valence electrons. The van der Waals surface area contributed by atoms with Crippen LogP contribution >= 0.6 is 0 Å². The molecule has 10 nitrogen and oxygen atoms in total. The van der Waals surface area contributed by atoms with E-state index in [1.807, 2.05) is 45.2 Å². The van der Waals surface area contributed by atoms with E-state index in [2.05, 4.69) is 185 Å². The highest BCUT2D eigenvalue weighted by Gasteiger charge is 2.34. The summed E-state index contributed by atoms with van der Waals surface area (Å²) in [5.41, 5.74) is 8.45. The zero-order chi connectivity index (χ0) is 85.9. The van der Waals surface area contributed by atoms with E-state index in [9.17, 15) is 0 Å². The van der Waals surface area contributed by atoms with Gasteiger partial charge in [0.05, 0.1) is 32.8 Å². The van der Waals surface area contributed by atoms with Gasteiger partial charge in [-0.25, -0.2) is 9.97 Å². The topological polar surface area (TPSA) is 106 Å². The van der Waals surface area contributed by atoms with E-state index in [4.69, 9.17) is 28.9 Å². The number of benzene rings is 13. The van der Waals surface area contributed by atoms with Gasteiger partial charge < -0.3 is 18.9 Å². The Balaban J connectivity index is 0.879. The summed E-state index contributed by atoms with van der Waals surface area (Å²) in [5.74, 6) is 4.44. The lowest BCUT2D eigenvalue weighted by molar-refractivity contribution is 0.483. The minimum atomic E-state index is -0.229. The molecule has 0 fully saturated rings. The Morgan fingerprint density at radius 2 is 0.468 bits per heavy atom. The van der Waals surface area contributed by atoms with E-state index in [-0.39, 0.29) is 11.1 Å². The van der Waals surface area contributed by atoms with Crippen LogP contribution in [0.3, 0.4) is 0 Å². The predicted molar refractivity (Wildman–Crippen MR) is 533 cm³/mol. The summed E-state index contributed by atoms with van der Waals surface area (Å²) in [6, 6.07) is 67.7. The summed E-state index contributed by atoms with van der Waals surface area (Å²) in [7, 11) is 0. The number of hydrogen-bond acceptors (Lipinski definition) is 8. The van der Waals surface area contributed by atoms with E-state index in [1.165, 1.54) is 253 Å². The molecule has 0 atom stereocenters. The van der Waals surface area contributed by atoms with Crippen molar-refractivity contribution in [2.24, 2.45) is 0 Å². The van der Waals surface area contributed by atoms with Crippen molar-refractivity contribution in [3.63, 3.8) is 0 Å². The molecule has 0 bridgehead atoms. The molecule has 0 unspecified atom stereocenters. The monoisotopic (exact) mass is 1680 g/mol. The maximum absolute atomic E-state index is 16.7. The molecule has 0 aliphatic heterocycles. The maximum atomic E-state index is 16.7. The Morgan fingerprint density at radius 1 is 0.230 bits per heavy atom. The molecule has 17 rings (SSSR count). The lowest BCUT2D eigenvalue weighted by Crippen LogP contribution is -2.15. The average Bonchev–Trinajstić information content (AvgIpc) is 1.12. The summed E-state index contributed by atoms with van der Waals surface area (Å²) in [5, 5.41) is 11.9. The van der Waals surface area contributed by atoms with Gasteiger partial charge in [-0.1, -0.05) is 368 Å². The normalized spacial score (nSPS) is 12.2. The van der Waals surface area contributed by atoms with Crippen molar-refractivity contribution in [2.45, 2.75) is 310 Å². The van der Waals surface area contributed by atoms with Crippen LogP contribution in [0.4, 0.5) is 0 Å². The molecule has 0 aliphatic rings. The largest absolute Gasteiger partial charge is 0.457 e. The van der Waals surface area contributed by atoms with E-state index < -0.39 is 0 Å². The van der Waals surface area contributed by atoms with Crippen LogP contribution in [0.5, 0.6) is 46.0 Å². The van der Waals surface area contributed by atoms with Crippen molar-refractivity contribution in [3.8, 4) is 46.0 Å². The number of pyridine rings is 2. The second kappa shape index (κ2) is 42.6. The summed E-state index contributed by atoms with van der Waals surface area (Å²) in [6.07, 6.45) is 55.0. The lowest BCUT2D eigenvalue weighted by Gasteiger charge is -2.25. The van der Waals surface area contributed by atoms with Crippen LogP contribution in [0.1, 0.15) is 307 Å². The molecule has 0 N–H and O–H groups in total. The number of nitrogens with zero attached hydrogens (tertiary/aromatic N) is 4. The van der Waals surface area contributed by atoms with Crippen LogP contribution in [0, 0.1) is 0 Å². The second-order valence-electron chi connectivity index (χ2n) is 36.9. The molecule has 4 aromatic heterocycles. The molecular weight excluding hydrogens is 1550 g/mol. The Kier molecular flexibility index (Phi) is 29.5. The molecule has 0 saturated carbocycles. The Bertz CT molecular complexity index is 6170. The van der Waals surface area contributed by atoms with Crippen LogP contribution < -0.4 is 30.1 Å². The second-order valence-corrected chi connectivity index (χ2v) is 36.9. The highest BCUT2D eigenvalue weighted by Crippen LogP contribution is 2.58. The number of unbranched alkanes of at least 4 members (excludes halogenated alkanes) is 36. The van der Waals surface area contributed by atoms with Gasteiger partial charge >= 0.3 is 0 Å². The third kappa shape index (κ3) is 19.6. The van der Waals surface area contributed by atoms with Crippen LogP contribution in [0.25, 0.3) is 120 Å². The third-order valence-electron chi connectivity index (χ3n) is 27.5. The molecular formula is C116H132N4O6. The number of rotatable bonds is 52. The zero-order valence-electron chi connectivity index (χ0n) is 75.8. The summed E-state index contributed by atoms with van der Waals surface area (Å²) >= 11 is 0. The molecule has 0 saturated heterocycles. The van der Waals surface area contributed by atoms with Crippen molar-refractivity contribution < 1.29 is 18.9 Å². The third-order valence-corrected chi connectivity index (χ3v) is 27.5. The maximum Gasteiger partial charge on any atom is 0.264 e. The average molecular weight is 1680 g/mol. The van der Waals surface area contributed by atoms with Gasteiger partial charge in [0.25, 0.3) is 11.1 Å². The number of ether oxygens (including phenoxy) is 4. The van der Waals surface area contributed by atoms with Crippen LogP contribution in [-0.2, 0) is 25.7 Å². The molecule has 17 aromatic rings. The molecule has 13 aromatic carbocycles. The fraction of sp³-hybridized carbons (Fsp3) is 0.414. The highest BCUT2D eigenvalue weighted by molar-refractivity contribution is 6.45. The summed E-state index contributed by atoms with van der Waals surface area (Å²) < 4.78 is 34.6. The van der Waals surface area contributed by atoms with E-state index in [0.717, 1.165) is 94.7 Å². The van der Waals surface area contributed by atoms with Gasteiger partial charge in [0, 0.05) is 64.6 Å². The number of hydrogen-bond donors (Lipinski definition) is 0. The first-order valence-corrected chi connectivity index (χ1v) is 49.6. The Labute approximate surface area is 745 Å². The van der Waals surface area contributed by atoms with E-state index in [1.54, 1.807) is 0 Å². The van der Waals surface area contributed by atoms with Crippen molar-refractivity contribution in [2.75, 3.05) is 0 Å². The number of aromatic nitrogens is 4. The SMILES string of the molecule is CCCCCCCCCCCCc1ccc(Oc2cc3c(=O)n4c5ccc6ccccc6c5nc4c4cc(Oc5ccc(CCCCCCCCCCCC)cc5)c5c6c(Oc7ccc(CCCCCCCCCCCC)cc7)cc7c(=O)n8c9ccc%10ccccc%10c9nc8c8cc(Oc9ccc(CCCCCCCCCCCC)cc9)c(c2c5c34)c6c78)cc1. The molecule has 4 heterocycles. The first-order chi connectivity index (χ1) is 62.2. The van der Waals surface area contributed by atoms with Crippen molar-refractivity contribution >= 4 is 120 Å². The van der Waals surface area contributed by atoms with Gasteiger partial charge in [-0.3, -0.25) is 18.4 Å². The fourth-order valence-corrected chi connectivity index (χ4v) is 20.5. The molecule has 0 radical (unpaired) electrons. The Hall–Kier alpha value is -10.8. The number of aryl methyl sites for hydroxylation is 4. The summed E-state index contributed by atoms with van der Waals surface area (Å²) in [4.78, 5) is 44.8. The van der Waals surface area contributed by atoms with Gasteiger partial charge in [-0.2, -0.15) is 0 Å². The van der Waals surface area contributed by atoms with E-state index in [0.29, 0.717) is 122 Å². The quantitative estimate of drug-likeness (QED) is 0.0211. The molecule has 126 heavy (non-hydrogen) atoms. The van der Waals surface area contributed by atoms with Crippen molar-refractivity contribution in [1.29, 1.82) is 0 Å². The van der Waals surface area contributed by atoms with Gasteiger partial charge in [0.1, 0.15) is 57.3 Å². The van der Waals surface area contributed by atoms with Crippen LogP contribution in [0.15, 0.2) is 204 Å². The highest BCUT2D eigenvalue weighted by atomic mass is 16.5. The first kappa shape index (κ1) is 87.2. The predicted octanol–water partition coefficient (Wildman–Crippen LogP) is 34.6. The Morgan fingerprint density at radius 3 is 0.730 bits per heavy atom. The zero-order valence-corrected chi connectivity index (χ0v) is 75.8. The molecule has 0 aliphatic carbocycles. The number of imidazole rings is 2. The smallest absolute Gasteiger partial charge is 0.264 e. The van der Waals surface area contributed by atoms with Crippen LogP contribution in [0.2, 0.25) is 0 Å². The first-order valence-electron chi connectivity index (χ1n) is 49.6. The summed E-state index contributed by atoms with van der Waals surface area (Å²) in [6.45, 7) is 9.15. The van der Waals surface area contributed by atoms with Crippen molar-refractivity contribution in [3.05, 3.63) is 237 Å². The minimum Gasteiger partial charge on any atom is -0.457 e. The van der Waals surface area contributed by atoms with Gasteiger partial charge in [0.2, 0.25) is 0 Å². The lowest BCUT2D eigenvalue weighted by atomic mass is 9.84. The molecule has 10 heteroatoms. The number of fused-ring (bicyclic) bond motifs is 14. The van der Waals surface area contributed by atoms with Crippen molar-refractivity contribution in [1.82, 2.24) is 18.8 Å². The molecule has 0 amide bonds. The van der Waals surface area contributed by atoms with Gasteiger partial charge in [0.15, 0.2) is 0 Å². The van der Waals surface area contributed by atoms with E-state index >= 15 is 9.59 Å². The molecule has 0 spiro atoms. The van der Waals surface area contributed by atoms with Gasteiger partial charge in [-0.15, -0.1) is 0 Å².